The Morgan fingerprint density at radius 3 is 2.88 bits per heavy atom. The molecule has 1 aromatic heterocycles. The highest BCUT2D eigenvalue weighted by Gasteiger charge is 2.22. The van der Waals surface area contributed by atoms with Crippen molar-refractivity contribution in [3.8, 4) is 0 Å². The van der Waals surface area contributed by atoms with Crippen molar-refractivity contribution in [2.45, 2.75) is 52.6 Å². The van der Waals surface area contributed by atoms with Crippen molar-refractivity contribution in [3.63, 3.8) is 0 Å². The first-order valence-corrected chi connectivity index (χ1v) is 8.98. The third-order valence-electron chi connectivity index (χ3n) is 4.33. The van der Waals surface area contributed by atoms with E-state index in [0.717, 1.165) is 45.1 Å². The van der Waals surface area contributed by atoms with E-state index < -0.39 is 0 Å². The molecule has 24 heavy (non-hydrogen) atoms. The highest BCUT2D eigenvalue weighted by molar-refractivity contribution is 14.0. The Labute approximate surface area is 163 Å². The predicted molar refractivity (Wildman–Crippen MR) is 111 cm³/mol. The molecule has 7 heteroatoms. The highest BCUT2D eigenvalue weighted by Crippen LogP contribution is 2.16. The molecule has 1 aromatic rings. The average molecular weight is 448 g/mol. The van der Waals surface area contributed by atoms with Crippen LogP contribution in [-0.4, -0.2) is 59.4 Å². The van der Waals surface area contributed by atoms with Gasteiger partial charge in [-0.1, -0.05) is 6.92 Å². The Balaban J connectivity index is 0.00000288. The van der Waals surface area contributed by atoms with Crippen molar-refractivity contribution in [2.24, 2.45) is 4.99 Å². The van der Waals surface area contributed by atoms with Crippen molar-refractivity contribution >= 4 is 29.9 Å². The van der Waals surface area contributed by atoms with Gasteiger partial charge in [-0.15, -0.1) is 24.0 Å². The van der Waals surface area contributed by atoms with Crippen LogP contribution in [0.25, 0.3) is 0 Å². The molecule has 0 aliphatic carbocycles. The van der Waals surface area contributed by atoms with Gasteiger partial charge in [-0.25, -0.2) is 0 Å². The summed E-state index contributed by atoms with van der Waals surface area (Å²) in [4.78, 5) is 7.31. The first-order valence-electron chi connectivity index (χ1n) is 8.98. The van der Waals surface area contributed by atoms with E-state index >= 15 is 0 Å². The smallest absolute Gasteiger partial charge is 0.191 e. The summed E-state index contributed by atoms with van der Waals surface area (Å²) in [6.45, 7) is 12.4. The number of likely N-dealkylation sites (tertiary alicyclic amines) is 1. The van der Waals surface area contributed by atoms with Crippen LogP contribution in [0.2, 0.25) is 0 Å². The molecule has 1 fully saturated rings. The second-order valence-electron chi connectivity index (χ2n) is 6.21. The largest absolute Gasteiger partial charge is 0.357 e. The molecule has 1 unspecified atom stereocenters. The van der Waals surface area contributed by atoms with Crippen LogP contribution in [0.15, 0.2) is 17.4 Å². The zero-order chi connectivity index (χ0) is 16.5. The highest BCUT2D eigenvalue weighted by atomic mass is 127. The molecule has 1 aliphatic heterocycles. The van der Waals surface area contributed by atoms with Crippen molar-refractivity contribution in [3.05, 3.63) is 18.0 Å². The van der Waals surface area contributed by atoms with Crippen LogP contribution in [0.5, 0.6) is 0 Å². The van der Waals surface area contributed by atoms with E-state index in [1.807, 2.05) is 10.9 Å². The molecule has 2 heterocycles. The number of hydrogen-bond donors (Lipinski definition) is 2. The molecule has 2 rings (SSSR count). The quantitative estimate of drug-likeness (QED) is 0.277. The van der Waals surface area contributed by atoms with Crippen molar-refractivity contribution in [1.82, 2.24) is 25.3 Å². The summed E-state index contributed by atoms with van der Waals surface area (Å²) in [5.41, 5.74) is 1.21. The second-order valence-corrected chi connectivity index (χ2v) is 6.21. The van der Waals surface area contributed by atoms with E-state index in [-0.39, 0.29) is 24.0 Å². The van der Waals surface area contributed by atoms with E-state index in [9.17, 15) is 0 Å². The summed E-state index contributed by atoms with van der Waals surface area (Å²) in [5.74, 6) is 0.937. The summed E-state index contributed by atoms with van der Waals surface area (Å²) < 4.78 is 2.00. The number of nitrogens with one attached hydrogen (secondary N) is 2. The zero-order valence-corrected chi connectivity index (χ0v) is 17.6. The second kappa shape index (κ2) is 11.7. The van der Waals surface area contributed by atoms with Crippen molar-refractivity contribution in [2.75, 3.05) is 32.7 Å². The minimum absolute atomic E-state index is 0. The summed E-state index contributed by atoms with van der Waals surface area (Å²) in [7, 11) is 0. The maximum atomic E-state index is 4.77. The molecule has 2 N–H and O–H groups in total. The van der Waals surface area contributed by atoms with Crippen LogP contribution in [0.4, 0.5) is 0 Å². The third kappa shape index (κ3) is 6.96. The standard InChI is InChI=1S/C17H32N6.HI/c1-4-18-17(20-13-16-8-6-10-22(16)5-2)19-9-7-11-23-14-15(3)12-21-23;/h12,14,16H,4-11,13H2,1-3H3,(H2,18,19,20);1H. The number of aryl methyl sites for hydroxylation is 2. The van der Waals surface area contributed by atoms with Crippen molar-refractivity contribution in [1.29, 1.82) is 0 Å². The SMILES string of the molecule is CCNC(=NCC1CCCN1CC)NCCCn1cc(C)cn1.I. The number of likely N-dealkylation sites (N-methyl/N-ethyl adjacent to an activating group) is 1. The fourth-order valence-electron chi connectivity index (χ4n) is 3.09. The fourth-order valence-corrected chi connectivity index (χ4v) is 3.09. The van der Waals surface area contributed by atoms with Gasteiger partial charge in [0.05, 0.1) is 12.7 Å². The zero-order valence-electron chi connectivity index (χ0n) is 15.3. The van der Waals surface area contributed by atoms with Crippen LogP contribution in [0, 0.1) is 6.92 Å². The fraction of sp³-hybridized carbons (Fsp3) is 0.765. The van der Waals surface area contributed by atoms with Gasteiger partial charge < -0.3 is 10.6 Å². The molecule has 1 aliphatic rings. The first-order chi connectivity index (χ1) is 11.2. The number of aliphatic imine (C=N–C) groups is 1. The molecule has 0 radical (unpaired) electrons. The molecular formula is C17H33IN6. The van der Waals surface area contributed by atoms with Crippen LogP contribution >= 0.6 is 24.0 Å². The van der Waals surface area contributed by atoms with E-state index in [4.69, 9.17) is 4.99 Å². The van der Waals surface area contributed by atoms with Crippen molar-refractivity contribution < 1.29 is 0 Å². The van der Waals surface area contributed by atoms with Crippen LogP contribution < -0.4 is 10.6 Å². The molecule has 0 bridgehead atoms. The van der Waals surface area contributed by atoms with Gasteiger partial charge in [0.15, 0.2) is 5.96 Å². The first kappa shape index (κ1) is 21.2. The third-order valence-corrected chi connectivity index (χ3v) is 4.33. The summed E-state index contributed by atoms with van der Waals surface area (Å²) in [5, 5.41) is 11.1. The number of aromatic nitrogens is 2. The molecule has 1 saturated heterocycles. The number of nitrogens with zero attached hydrogens (tertiary/aromatic N) is 4. The lowest BCUT2D eigenvalue weighted by molar-refractivity contribution is 0.273. The maximum Gasteiger partial charge on any atom is 0.191 e. The minimum atomic E-state index is 0. The van der Waals surface area contributed by atoms with E-state index in [1.54, 1.807) is 0 Å². The summed E-state index contributed by atoms with van der Waals surface area (Å²) in [6.07, 6.45) is 7.60. The van der Waals surface area contributed by atoms with Gasteiger partial charge >= 0.3 is 0 Å². The number of guanidine groups is 1. The Morgan fingerprint density at radius 1 is 1.38 bits per heavy atom. The number of rotatable bonds is 8. The molecule has 1 atom stereocenters. The Hall–Kier alpha value is -0.830. The van der Waals surface area contributed by atoms with Crippen LogP contribution in [0.3, 0.4) is 0 Å². The lowest BCUT2D eigenvalue weighted by atomic mass is 10.2. The Morgan fingerprint density at radius 2 is 2.21 bits per heavy atom. The Kier molecular flexibility index (Phi) is 10.3. The lowest BCUT2D eigenvalue weighted by Crippen LogP contribution is -2.39. The topological polar surface area (TPSA) is 57.5 Å². The van der Waals surface area contributed by atoms with Gasteiger partial charge in [0.1, 0.15) is 0 Å². The van der Waals surface area contributed by atoms with Gasteiger partial charge in [0.2, 0.25) is 0 Å². The van der Waals surface area contributed by atoms with Crippen LogP contribution in [-0.2, 0) is 6.54 Å². The number of hydrogen-bond acceptors (Lipinski definition) is 3. The van der Waals surface area contributed by atoms with Gasteiger partial charge in [0.25, 0.3) is 0 Å². The van der Waals surface area contributed by atoms with Gasteiger partial charge in [0, 0.05) is 31.9 Å². The summed E-state index contributed by atoms with van der Waals surface area (Å²) in [6, 6.07) is 0.613. The lowest BCUT2D eigenvalue weighted by Gasteiger charge is -2.21. The van der Waals surface area contributed by atoms with Crippen LogP contribution in [0.1, 0.15) is 38.7 Å². The molecule has 0 spiro atoms. The maximum absolute atomic E-state index is 4.77. The van der Waals surface area contributed by atoms with Gasteiger partial charge in [-0.05, 0) is 51.8 Å². The van der Waals surface area contributed by atoms with E-state index in [2.05, 4.69) is 47.6 Å². The minimum Gasteiger partial charge on any atom is -0.357 e. The Bertz CT molecular complexity index is 487. The average Bonchev–Trinajstić information content (AvgIpc) is 3.17. The van der Waals surface area contributed by atoms with E-state index in [0.29, 0.717) is 6.04 Å². The summed E-state index contributed by atoms with van der Waals surface area (Å²) >= 11 is 0. The molecular weight excluding hydrogens is 415 g/mol. The molecule has 0 aromatic carbocycles. The molecule has 6 nitrogen and oxygen atoms in total. The normalized spacial score (nSPS) is 18.5. The van der Waals surface area contributed by atoms with E-state index in [1.165, 1.54) is 24.9 Å². The molecule has 0 saturated carbocycles. The number of halogens is 1. The van der Waals surface area contributed by atoms with Gasteiger partial charge in [-0.3, -0.25) is 14.6 Å². The monoisotopic (exact) mass is 448 g/mol. The molecule has 138 valence electrons. The molecule has 0 amide bonds. The predicted octanol–water partition coefficient (Wildman–Crippen LogP) is 2.24. The van der Waals surface area contributed by atoms with Gasteiger partial charge in [-0.2, -0.15) is 5.10 Å².